The molecule has 4 nitrogen and oxygen atoms in total. The molecule has 0 bridgehead atoms. The molecule has 2 aliphatic rings. The van der Waals surface area contributed by atoms with Gasteiger partial charge in [0, 0.05) is 12.3 Å². The minimum absolute atomic E-state index is 0.0959. The fraction of sp³-hybridized carbons (Fsp3) is 0.882. The van der Waals surface area contributed by atoms with Crippen LogP contribution in [-0.4, -0.2) is 31.1 Å². The second-order valence-electron chi connectivity index (χ2n) is 6.69. The first-order chi connectivity index (χ1) is 9.99. The van der Waals surface area contributed by atoms with Gasteiger partial charge in [0.15, 0.2) is 0 Å². The Hall–Kier alpha value is -0.900. The van der Waals surface area contributed by atoms with Gasteiger partial charge in [0.25, 0.3) is 0 Å². The van der Waals surface area contributed by atoms with E-state index in [2.05, 4.69) is 13.8 Å². The molecule has 4 heteroatoms. The minimum atomic E-state index is -0.201. The molecule has 0 aromatic carbocycles. The lowest BCUT2D eigenvalue weighted by atomic mass is 9.64. The second-order valence-corrected chi connectivity index (χ2v) is 6.69. The third kappa shape index (κ3) is 3.47. The van der Waals surface area contributed by atoms with Crippen LogP contribution in [0.3, 0.4) is 0 Å². The third-order valence-electron chi connectivity index (χ3n) is 5.50. The third-order valence-corrected chi connectivity index (χ3v) is 5.50. The highest BCUT2D eigenvalue weighted by molar-refractivity contribution is 5.83. The van der Waals surface area contributed by atoms with E-state index in [-0.39, 0.29) is 23.4 Å². The van der Waals surface area contributed by atoms with E-state index in [1.165, 1.54) is 0 Å². The maximum absolute atomic E-state index is 12.1. The van der Waals surface area contributed by atoms with Gasteiger partial charge in [-0.1, -0.05) is 6.92 Å². The zero-order chi connectivity index (χ0) is 15.5. The highest BCUT2D eigenvalue weighted by atomic mass is 16.5. The monoisotopic (exact) mass is 296 g/mol. The molecule has 2 aliphatic carbocycles. The van der Waals surface area contributed by atoms with Crippen molar-refractivity contribution in [3.05, 3.63) is 0 Å². The molecule has 0 aliphatic heterocycles. The predicted molar refractivity (Wildman–Crippen MR) is 79.8 cm³/mol. The fourth-order valence-electron chi connectivity index (χ4n) is 4.42. The maximum Gasteiger partial charge on any atom is 0.308 e. The first-order valence-electron chi connectivity index (χ1n) is 8.29. The molecule has 3 unspecified atom stereocenters. The summed E-state index contributed by atoms with van der Waals surface area (Å²) in [6.45, 7) is 6.98. The molecule has 120 valence electrons. The topological polar surface area (TPSA) is 52.6 Å². The van der Waals surface area contributed by atoms with Gasteiger partial charge in [-0.05, 0) is 50.9 Å². The molecule has 2 saturated carbocycles. The summed E-state index contributed by atoms with van der Waals surface area (Å²) in [4.78, 5) is 23.5. The molecule has 0 radical (unpaired) electrons. The molecule has 0 amide bonds. The molecule has 2 rings (SSSR count). The van der Waals surface area contributed by atoms with Crippen LogP contribution >= 0.6 is 0 Å². The van der Waals surface area contributed by atoms with Crippen molar-refractivity contribution in [2.45, 2.75) is 65.4 Å². The van der Waals surface area contributed by atoms with Gasteiger partial charge in [0.1, 0.15) is 5.78 Å². The first-order valence-corrected chi connectivity index (χ1v) is 8.29. The second kappa shape index (κ2) is 6.91. The highest BCUT2D eigenvalue weighted by Gasteiger charge is 2.52. The number of rotatable bonds is 6. The number of ether oxygens (including phenoxy) is 2. The minimum Gasteiger partial charge on any atom is -0.466 e. The van der Waals surface area contributed by atoms with Gasteiger partial charge in [-0.15, -0.1) is 0 Å². The van der Waals surface area contributed by atoms with E-state index in [4.69, 9.17) is 9.47 Å². The summed E-state index contributed by atoms with van der Waals surface area (Å²) in [6, 6.07) is 0. The Morgan fingerprint density at radius 3 is 2.90 bits per heavy atom. The summed E-state index contributed by atoms with van der Waals surface area (Å²) >= 11 is 0. The number of carbonyl (C=O) groups excluding carboxylic acids is 2. The molecule has 4 atom stereocenters. The van der Waals surface area contributed by atoms with Crippen molar-refractivity contribution in [2.24, 2.45) is 17.3 Å². The van der Waals surface area contributed by atoms with E-state index >= 15 is 0 Å². The Morgan fingerprint density at radius 1 is 1.43 bits per heavy atom. The Labute approximate surface area is 127 Å². The van der Waals surface area contributed by atoms with E-state index in [0.717, 1.165) is 32.1 Å². The molecule has 0 saturated heterocycles. The van der Waals surface area contributed by atoms with Crippen LogP contribution in [0.4, 0.5) is 0 Å². The molecule has 0 N–H and O–H groups in total. The molecule has 0 aromatic rings. The molecular formula is C17H28O4. The summed E-state index contributed by atoms with van der Waals surface area (Å²) in [7, 11) is 0. The number of hydrogen-bond donors (Lipinski definition) is 0. The van der Waals surface area contributed by atoms with Crippen LogP contribution in [0.15, 0.2) is 0 Å². The number of Topliss-reactive ketones (excluding diaryl/α,β-unsaturated/α-hetero) is 1. The Bertz CT molecular complexity index is 392. The summed E-state index contributed by atoms with van der Waals surface area (Å²) in [5.41, 5.74) is 0.0959. The zero-order valence-corrected chi connectivity index (χ0v) is 13.5. The van der Waals surface area contributed by atoms with Crippen molar-refractivity contribution in [3.63, 3.8) is 0 Å². The largest absolute Gasteiger partial charge is 0.466 e. The normalized spacial score (nSPS) is 33.6. The van der Waals surface area contributed by atoms with Crippen LogP contribution in [0.1, 0.15) is 59.3 Å². The van der Waals surface area contributed by atoms with Crippen LogP contribution in [0, 0.1) is 17.3 Å². The van der Waals surface area contributed by atoms with E-state index in [9.17, 15) is 9.59 Å². The lowest BCUT2D eigenvalue weighted by Crippen LogP contribution is -2.41. The number of ketones is 1. The molecule has 0 spiro atoms. The number of esters is 1. The van der Waals surface area contributed by atoms with E-state index in [0.29, 0.717) is 31.3 Å². The highest BCUT2D eigenvalue weighted by Crippen LogP contribution is 2.55. The quantitative estimate of drug-likeness (QED) is 0.707. The number of hydrogen-bond acceptors (Lipinski definition) is 4. The SMILES string of the molecule is CCOC(=O)CCOC(C)C1CCC2C(=O)CCC[C@@]21C. The number of carbonyl (C=O) groups is 2. The van der Waals surface area contributed by atoms with Crippen LogP contribution in [-0.2, 0) is 19.1 Å². The number of fused-ring (bicyclic) bond motifs is 1. The van der Waals surface area contributed by atoms with Crippen LogP contribution in [0.5, 0.6) is 0 Å². The van der Waals surface area contributed by atoms with Crippen molar-refractivity contribution in [1.82, 2.24) is 0 Å². The first kappa shape index (κ1) is 16.5. The lowest BCUT2D eigenvalue weighted by Gasteiger charge is -2.41. The van der Waals surface area contributed by atoms with Crippen LogP contribution < -0.4 is 0 Å². The van der Waals surface area contributed by atoms with E-state index in [1.807, 2.05) is 0 Å². The van der Waals surface area contributed by atoms with Crippen molar-refractivity contribution in [2.75, 3.05) is 13.2 Å². The molecular weight excluding hydrogens is 268 g/mol. The van der Waals surface area contributed by atoms with Gasteiger partial charge in [-0.25, -0.2) is 0 Å². The zero-order valence-electron chi connectivity index (χ0n) is 13.5. The maximum atomic E-state index is 12.1. The Morgan fingerprint density at radius 2 is 2.19 bits per heavy atom. The lowest BCUT2D eigenvalue weighted by molar-refractivity contribution is -0.145. The van der Waals surface area contributed by atoms with Gasteiger partial charge in [0.2, 0.25) is 0 Å². The smallest absolute Gasteiger partial charge is 0.308 e. The van der Waals surface area contributed by atoms with Gasteiger partial charge in [-0.2, -0.15) is 0 Å². The molecule has 2 fully saturated rings. The predicted octanol–water partition coefficient (Wildman–Crippen LogP) is 3.13. The standard InChI is InChI=1S/C17H28O4/c1-4-20-16(19)9-11-21-12(2)13-7-8-14-15(18)6-5-10-17(13,14)3/h12-14H,4-11H2,1-3H3/t12?,13?,14?,17-/m1/s1. The summed E-state index contributed by atoms with van der Waals surface area (Å²) in [6.07, 6.45) is 5.37. The molecule has 0 aromatic heterocycles. The molecule has 0 heterocycles. The average molecular weight is 296 g/mol. The average Bonchev–Trinajstić information content (AvgIpc) is 2.77. The summed E-state index contributed by atoms with van der Waals surface area (Å²) in [5.74, 6) is 0.902. The van der Waals surface area contributed by atoms with Gasteiger partial charge >= 0.3 is 5.97 Å². The molecule has 21 heavy (non-hydrogen) atoms. The Kier molecular flexibility index (Phi) is 5.42. The fourth-order valence-corrected chi connectivity index (χ4v) is 4.42. The van der Waals surface area contributed by atoms with Crippen molar-refractivity contribution in [3.8, 4) is 0 Å². The van der Waals surface area contributed by atoms with E-state index in [1.54, 1.807) is 6.92 Å². The van der Waals surface area contributed by atoms with Crippen LogP contribution in [0.25, 0.3) is 0 Å². The van der Waals surface area contributed by atoms with E-state index < -0.39 is 0 Å². The van der Waals surface area contributed by atoms with Crippen molar-refractivity contribution >= 4 is 11.8 Å². The Balaban J connectivity index is 1.86. The van der Waals surface area contributed by atoms with Gasteiger partial charge < -0.3 is 9.47 Å². The van der Waals surface area contributed by atoms with Crippen molar-refractivity contribution in [1.29, 1.82) is 0 Å². The van der Waals surface area contributed by atoms with Gasteiger partial charge in [-0.3, -0.25) is 9.59 Å². The van der Waals surface area contributed by atoms with Crippen molar-refractivity contribution < 1.29 is 19.1 Å². The summed E-state index contributed by atoms with van der Waals surface area (Å²) < 4.78 is 10.8. The van der Waals surface area contributed by atoms with Gasteiger partial charge in [0.05, 0.1) is 25.7 Å². The summed E-state index contributed by atoms with van der Waals surface area (Å²) in [5, 5.41) is 0. The van der Waals surface area contributed by atoms with Crippen LogP contribution in [0.2, 0.25) is 0 Å².